The lowest BCUT2D eigenvalue weighted by Gasteiger charge is -2.26. The van der Waals surface area contributed by atoms with Gasteiger partial charge >= 0.3 is 0 Å². The third-order valence-electron chi connectivity index (χ3n) is 8.52. The highest BCUT2D eigenvalue weighted by molar-refractivity contribution is 5.36. The van der Waals surface area contributed by atoms with Crippen molar-refractivity contribution < 1.29 is 0 Å². The van der Waals surface area contributed by atoms with E-state index in [2.05, 4.69) is 116 Å². The minimum absolute atomic E-state index is 0.403. The van der Waals surface area contributed by atoms with Crippen molar-refractivity contribution in [3.05, 3.63) is 70.8 Å². The Hall–Kier alpha value is -2.00. The molecule has 2 rings (SSSR count). The van der Waals surface area contributed by atoms with Gasteiger partial charge in [-0.1, -0.05) is 115 Å². The number of benzene rings is 2. The highest BCUT2D eigenvalue weighted by atomic mass is 14.2. The van der Waals surface area contributed by atoms with Crippen LogP contribution in [0.5, 0.6) is 0 Å². The van der Waals surface area contributed by atoms with Crippen LogP contribution in [0.15, 0.2) is 48.5 Å². The Kier molecular flexibility index (Phi) is 12.0. The minimum Gasteiger partial charge on any atom is -0.0945 e. The lowest BCUT2D eigenvalue weighted by atomic mass is 9.80. The molecular formula is C34H50. The van der Waals surface area contributed by atoms with Crippen LogP contribution in [0.3, 0.4) is 0 Å². The molecule has 0 aliphatic rings. The molecule has 0 fully saturated rings. The van der Waals surface area contributed by atoms with E-state index in [1.165, 1.54) is 48.8 Å². The van der Waals surface area contributed by atoms with Gasteiger partial charge in [0.25, 0.3) is 0 Å². The Morgan fingerprint density at radius 1 is 0.618 bits per heavy atom. The molecule has 0 nitrogen and oxygen atoms in total. The molecule has 2 aromatic rings. The molecule has 0 amide bonds. The van der Waals surface area contributed by atoms with E-state index in [-0.39, 0.29) is 0 Å². The molecule has 0 radical (unpaired) electrons. The van der Waals surface area contributed by atoms with Gasteiger partial charge in [0.15, 0.2) is 0 Å². The van der Waals surface area contributed by atoms with Gasteiger partial charge in [-0.3, -0.25) is 0 Å². The second kappa shape index (κ2) is 14.4. The fourth-order valence-electron chi connectivity index (χ4n) is 4.92. The van der Waals surface area contributed by atoms with Crippen molar-refractivity contribution in [3.8, 4) is 11.8 Å². The molecule has 2 aromatic carbocycles. The predicted molar refractivity (Wildman–Crippen MR) is 151 cm³/mol. The monoisotopic (exact) mass is 458 g/mol. The van der Waals surface area contributed by atoms with Gasteiger partial charge in [0.05, 0.1) is 0 Å². The van der Waals surface area contributed by atoms with Crippen molar-refractivity contribution in [2.45, 2.75) is 93.9 Å². The summed E-state index contributed by atoms with van der Waals surface area (Å²) in [5.41, 5.74) is 5.37. The number of hydrogen-bond acceptors (Lipinski definition) is 0. The van der Waals surface area contributed by atoms with E-state index in [0.717, 1.165) is 29.7 Å². The molecule has 186 valence electrons. The van der Waals surface area contributed by atoms with Crippen LogP contribution in [0, 0.1) is 54.3 Å². The lowest BCUT2D eigenvalue weighted by molar-refractivity contribution is 0.253. The van der Waals surface area contributed by atoms with Crippen LogP contribution >= 0.6 is 0 Å². The van der Waals surface area contributed by atoms with Crippen molar-refractivity contribution >= 4 is 0 Å². The Morgan fingerprint density at radius 2 is 1.09 bits per heavy atom. The van der Waals surface area contributed by atoms with Crippen molar-refractivity contribution in [1.29, 1.82) is 0 Å². The highest BCUT2D eigenvalue weighted by Gasteiger charge is 2.19. The number of hydrogen-bond donors (Lipinski definition) is 0. The van der Waals surface area contributed by atoms with E-state index in [4.69, 9.17) is 0 Å². The van der Waals surface area contributed by atoms with E-state index in [1.807, 2.05) is 0 Å². The Morgan fingerprint density at radius 3 is 1.62 bits per heavy atom. The van der Waals surface area contributed by atoms with Gasteiger partial charge in [-0.2, -0.15) is 0 Å². The fourth-order valence-corrected chi connectivity index (χ4v) is 4.92. The van der Waals surface area contributed by atoms with Gasteiger partial charge in [-0.15, -0.1) is 0 Å². The maximum Gasteiger partial charge on any atom is 0.0245 e. The van der Waals surface area contributed by atoms with Gasteiger partial charge < -0.3 is 0 Å². The van der Waals surface area contributed by atoms with E-state index in [0.29, 0.717) is 17.8 Å². The molecule has 6 unspecified atom stereocenters. The molecule has 0 saturated carbocycles. The van der Waals surface area contributed by atoms with Gasteiger partial charge in [0, 0.05) is 11.5 Å². The van der Waals surface area contributed by atoms with Crippen molar-refractivity contribution in [1.82, 2.24) is 0 Å². The largest absolute Gasteiger partial charge is 0.0945 e. The SMILES string of the molecule is CCCC(C)C(C)C(C)CCc1ccc(C#CC(C)C(C)C(C)CCc2ccc(C)cc2)cc1. The first kappa shape index (κ1) is 28.2. The third kappa shape index (κ3) is 9.33. The average molecular weight is 459 g/mol. The van der Waals surface area contributed by atoms with Crippen LogP contribution in [0.25, 0.3) is 0 Å². The zero-order valence-corrected chi connectivity index (χ0v) is 23.3. The van der Waals surface area contributed by atoms with Gasteiger partial charge in [0.2, 0.25) is 0 Å². The normalized spacial score (nSPS) is 16.6. The van der Waals surface area contributed by atoms with Crippen LogP contribution in [0.1, 0.15) is 96.4 Å². The Balaban J connectivity index is 1.82. The molecule has 0 bridgehead atoms. The molecule has 0 heterocycles. The molecular weight excluding hydrogens is 408 g/mol. The van der Waals surface area contributed by atoms with Gasteiger partial charge in [-0.05, 0) is 85.5 Å². The summed E-state index contributed by atoms with van der Waals surface area (Å²) in [6.45, 7) is 18.8. The standard InChI is InChI=1S/C34H50/c1-9-10-26(3)30(7)27(4)14-19-33-21-23-34(24-22-33)20-15-29(6)31(8)28(5)13-18-32-16-11-25(2)12-17-32/h11-12,16-17,21-24,26-31H,9-10,13-14,18-19H2,1-8H3. The fraction of sp³-hybridized carbons (Fsp3) is 0.588. The summed E-state index contributed by atoms with van der Waals surface area (Å²) in [7, 11) is 0. The highest BCUT2D eigenvalue weighted by Crippen LogP contribution is 2.28. The quantitative estimate of drug-likeness (QED) is 0.278. The van der Waals surface area contributed by atoms with Crippen molar-refractivity contribution in [2.75, 3.05) is 0 Å². The molecule has 34 heavy (non-hydrogen) atoms. The van der Waals surface area contributed by atoms with Crippen LogP contribution in [0.4, 0.5) is 0 Å². The predicted octanol–water partition coefficient (Wildman–Crippen LogP) is 9.53. The molecule has 0 aliphatic heterocycles. The Bertz CT molecular complexity index is 876. The third-order valence-corrected chi connectivity index (χ3v) is 8.52. The maximum atomic E-state index is 3.54. The topological polar surface area (TPSA) is 0 Å². The molecule has 0 heteroatoms. The van der Waals surface area contributed by atoms with Crippen LogP contribution in [-0.4, -0.2) is 0 Å². The Labute approximate surface area is 212 Å². The summed E-state index contributed by atoms with van der Waals surface area (Å²) in [5.74, 6) is 11.1. The smallest absolute Gasteiger partial charge is 0.0245 e. The molecule has 0 N–H and O–H groups in total. The second-order valence-corrected chi connectivity index (χ2v) is 11.3. The minimum atomic E-state index is 0.403. The summed E-state index contributed by atoms with van der Waals surface area (Å²) in [5, 5.41) is 0. The molecule has 0 saturated heterocycles. The van der Waals surface area contributed by atoms with E-state index < -0.39 is 0 Å². The number of rotatable bonds is 12. The van der Waals surface area contributed by atoms with Crippen LogP contribution < -0.4 is 0 Å². The molecule has 6 atom stereocenters. The first-order chi connectivity index (χ1) is 16.2. The first-order valence-corrected chi connectivity index (χ1v) is 13.9. The van der Waals surface area contributed by atoms with E-state index in [9.17, 15) is 0 Å². The zero-order chi connectivity index (χ0) is 25.1. The summed E-state index contributed by atoms with van der Waals surface area (Å²) in [6.07, 6.45) is 7.46. The zero-order valence-electron chi connectivity index (χ0n) is 23.3. The van der Waals surface area contributed by atoms with Gasteiger partial charge in [-0.25, -0.2) is 0 Å². The first-order valence-electron chi connectivity index (χ1n) is 13.9. The molecule has 0 aromatic heterocycles. The average Bonchev–Trinajstić information content (AvgIpc) is 2.85. The molecule has 0 aliphatic carbocycles. The van der Waals surface area contributed by atoms with E-state index in [1.54, 1.807) is 0 Å². The van der Waals surface area contributed by atoms with Crippen molar-refractivity contribution in [3.63, 3.8) is 0 Å². The van der Waals surface area contributed by atoms with Crippen LogP contribution in [0.2, 0.25) is 0 Å². The summed E-state index contributed by atoms with van der Waals surface area (Å²) in [6, 6.07) is 18.0. The summed E-state index contributed by atoms with van der Waals surface area (Å²) >= 11 is 0. The van der Waals surface area contributed by atoms with E-state index >= 15 is 0 Å². The van der Waals surface area contributed by atoms with Crippen molar-refractivity contribution in [2.24, 2.45) is 35.5 Å². The second-order valence-electron chi connectivity index (χ2n) is 11.3. The van der Waals surface area contributed by atoms with Crippen LogP contribution in [-0.2, 0) is 12.8 Å². The number of aryl methyl sites for hydroxylation is 3. The maximum absolute atomic E-state index is 3.54. The van der Waals surface area contributed by atoms with Gasteiger partial charge in [0.1, 0.15) is 0 Å². The molecule has 0 spiro atoms. The lowest BCUT2D eigenvalue weighted by Crippen LogP contribution is -2.17. The summed E-state index contributed by atoms with van der Waals surface area (Å²) < 4.78 is 0. The summed E-state index contributed by atoms with van der Waals surface area (Å²) in [4.78, 5) is 0.